The van der Waals surface area contributed by atoms with Gasteiger partial charge in [0.2, 0.25) is 5.91 Å². The second-order valence-corrected chi connectivity index (χ2v) is 6.79. The highest BCUT2D eigenvalue weighted by Gasteiger charge is 2.32. The third-order valence-corrected chi connectivity index (χ3v) is 5.06. The van der Waals surface area contributed by atoms with Crippen molar-refractivity contribution in [1.29, 1.82) is 0 Å². The molecule has 1 N–H and O–H groups in total. The summed E-state index contributed by atoms with van der Waals surface area (Å²) in [6.45, 7) is 2.99. The van der Waals surface area contributed by atoms with E-state index in [1.165, 1.54) is 6.07 Å². The molecule has 2 aliphatic rings. The molecule has 1 atom stereocenters. The number of hydrogen-bond acceptors (Lipinski definition) is 3. The molecular weight excluding hydrogens is 401 g/mol. The van der Waals surface area contributed by atoms with Crippen molar-refractivity contribution >= 4 is 40.2 Å². The first-order valence-corrected chi connectivity index (χ1v) is 8.60. The van der Waals surface area contributed by atoms with E-state index in [4.69, 9.17) is 0 Å². The van der Waals surface area contributed by atoms with Crippen molar-refractivity contribution in [2.24, 2.45) is 0 Å². The summed E-state index contributed by atoms with van der Waals surface area (Å²) in [5.41, 5.74) is 0.345. The van der Waals surface area contributed by atoms with Crippen LogP contribution >= 0.6 is 28.3 Å². The molecule has 0 aromatic heterocycles. The van der Waals surface area contributed by atoms with E-state index in [-0.39, 0.29) is 30.3 Å². The molecule has 0 bridgehead atoms. The quantitative estimate of drug-likeness (QED) is 0.797. The van der Waals surface area contributed by atoms with Gasteiger partial charge < -0.3 is 15.1 Å². The smallest absolute Gasteiger partial charge is 0.254 e. The van der Waals surface area contributed by atoms with Gasteiger partial charge in [0.05, 0.1) is 11.0 Å². The van der Waals surface area contributed by atoms with E-state index in [0.717, 1.165) is 19.4 Å². The molecule has 24 heavy (non-hydrogen) atoms. The average Bonchev–Trinajstić information content (AvgIpc) is 2.57. The summed E-state index contributed by atoms with van der Waals surface area (Å²) in [6, 6.07) is 4.48. The van der Waals surface area contributed by atoms with Crippen LogP contribution in [0.4, 0.5) is 4.39 Å². The topological polar surface area (TPSA) is 52.7 Å². The fraction of sp³-hybridized carbons (Fsp3) is 0.500. The van der Waals surface area contributed by atoms with Crippen molar-refractivity contribution in [3.63, 3.8) is 0 Å². The van der Waals surface area contributed by atoms with Gasteiger partial charge in [0.15, 0.2) is 0 Å². The number of carbonyl (C=O) groups is 2. The first-order chi connectivity index (χ1) is 11.1. The van der Waals surface area contributed by atoms with E-state index in [0.29, 0.717) is 36.2 Å². The van der Waals surface area contributed by atoms with E-state index in [9.17, 15) is 14.0 Å². The first-order valence-electron chi connectivity index (χ1n) is 7.81. The molecule has 1 aromatic rings. The minimum Gasteiger partial charge on any atom is -0.337 e. The van der Waals surface area contributed by atoms with E-state index < -0.39 is 5.82 Å². The molecule has 0 spiro atoms. The lowest BCUT2D eigenvalue weighted by atomic mass is 10.0. The summed E-state index contributed by atoms with van der Waals surface area (Å²) in [7, 11) is 0. The molecule has 0 saturated carbocycles. The third kappa shape index (κ3) is 4.07. The van der Waals surface area contributed by atoms with Gasteiger partial charge >= 0.3 is 0 Å². The SMILES string of the molecule is Cl.O=C(c1ccc(Br)c(F)c1)N1CCCC(N2CCNCC2=O)C1. The summed E-state index contributed by atoms with van der Waals surface area (Å²) in [6.07, 6.45) is 1.76. The van der Waals surface area contributed by atoms with Crippen LogP contribution in [-0.4, -0.2) is 60.4 Å². The van der Waals surface area contributed by atoms with Crippen LogP contribution in [0.25, 0.3) is 0 Å². The first kappa shape index (κ1) is 19.1. The molecule has 5 nitrogen and oxygen atoms in total. The van der Waals surface area contributed by atoms with Crippen molar-refractivity contribution in [3.05, 3.63) is 34.1 Å². The molecule has 0 radical (unpaired) electrons. The maximum atomic E-state index is 13.6. The Labute approximate surface area is 155 Å². The maximum Gasteiger partial charge on any atom is 0.254 e. The lowest BCUT2D eigenvalue weighted by Gasteiger charge is -2.41. The Morgan fingerprint density at radius 3 is 2.83 bits per heavy atom. The van der Waals surface area contributed by atoms with Gasteiger partial charge in [-0.15, -0.1) is 12.4 Å². The zero-order valence-corrected chi connectivity index (χ0v) is 15.5. The third-order valence-electron chi connectivity index (χ3n) is 4.42. The van der Waals surface area contributed by atoms with Crippen molar-refractivity contribution in [3.8, 4) is 0 Å². The molecule has 132 valence electrons. The van der Waals surface area contributed by atoms with Crippen molar-refractivity contribution in [2.75, 3.05) is 32.7 Å². The number of likely N-dealkylation sites (tertiary alicyclic amines) is 1. The molecule has 1 unspecified atom stereocenters. The van der Waals surface area contributed by atoms with Gasteiger partial charge in [-0.1, -0.05) is 0 Å². The highest BCUT2D eigenvalue weighted by molar-refractivity contribution is 9.10. The second-order valence-electron chi connectivity index (χ2n) is 5.94. The lowest BCUT2D eigenvalue weighted by Crippen LogP contribution is -2.57. The van der Waals surface area contributed by atoms with E-state index in [1.807, 2.05) is 4.90 Å². The Hall–Kier alpha value is -1.18. The standard InChI is InChI=1S/C16H19BrFN3O2.ClH/c17-13-4-3-11(8-14(13)18)16(23)20-6-1-2-12(10-20)21-7-5-19-9-15(21)22;/h3-4,8,12,19H,1-2,5-7,9-10H2;1H. The fourth-order valence-electron chi connectivity index (χ4n) is 3.21. The molecule has 8 heteroatoms. The van der Waals surface area contributed by atoms with Crippen molar-refractivity contribution < 1.29 is 14.0 Å². The number of nitrogens with zero attached hydrogens (tertiary/aromatic N) is 2. The van der Waals surface area contributed by atoms with Crippen LogP contribution in [0, 0.1) is 5.82 Å². The predicted octanol–water partition coefficient (Wildman–Crippen LogP) is 2.05. The highest BCUT2D eigenvalue weighted by atomic mass is 79.9. The number of amides is 2. The van der Waals surface area contributed by atoms with Gasteiger partial charge in [-0.25, -0.2) is 4.39 Å². The van der Waals surface area contributed by atoms with Crippen LogP contribution < -0.4 is 5.32 Å². The van der Waals surface area contributed by atoms with Crippen LogP contribution in [0.2, 0.25) is 0 Å². The van der Waals surface area contributed by atoms with Gasteiger partial charge in [0.1, 0.15) is 5.82 Å². The number of carbonyl (C=O) groups excluding carboxylic acids is 2. The van der Waals surface area contributed by atoms with Gasteiger partial charge in [-0.3, -0.25) is 9.59 Å². The number of piperidine rings is 1. The molecule has 2 saturated heterocycles. The largest absolute Gasteiger partial charge is 0.337 e. The Bertz CT molecular complexity index is 631. The van der Waals surface area contributed by atoms with Crippen LogP contribution in [0.1, 0.15) is 23.2 Å². The van der Waals surface area contributed by atoms with Crippen LogP contribution in [0.5, 0.6) is 0 Å². The minimum atomic E-state index is -0.443. The highest BCUT2D eigenvalue weighted by Crippen LogP contribution is 2.21. The van der Waals surface area contributed by atoms with Crippen molar-refractivity contribution in [2.45, 2.75) is 18.9 Å². The second kappa shape index (κ2) is 8.27. The zero-order chi connectivity index (χ0) is 16.4. The molecular formula is C16H20BrClFN3O2. The van der Waals surface area contributed by atoms with Gasteiger partial charge in [-0.05, 0) is 47.0 Å². The normalized spacial score (nSPS) is 21.4. The molecule has 2 aliphatic heterocycles. The van der Waals surface area contributed by atoms with E-state index >= 15 is 0 Å². The summed E-state index contributed by atoms with van der Waals surface area (Å²) in [4.78, 5) is 28.2. The van der Waals surface area contributed by atoms with E-state index in [2.05, 4.69) is 21.2 Å². The molecule has 0 aliphatic carbocycles. The molecule has 3 rings (SSSR count). The Kier molecular flexibility index (Phi) is 6.60. The van der Waals surface area contributed by atoms with Crippen LogP contribution in [0.15, 0.2) is 22.7 Å². The molecule has 2 heterocycles. The summed E-state index contributed by atoms with van der Waals surface area (Å²) in [5.74, 6) is -0.532. The van der Waals surface area contributed by atoms with Crippen LogP contribution in [-0.2, 0) is 4.79 Å². The average molecular weight is 421 g/mol. The maximum absolute atomic E-state index is 13.6. The zero-order valence-electron chi connectivity index (χ0n) is 13.1. The van der Waals surface area contributed by atoms with Gasteiger partial charge in [-0.2, -0.15) is 0 Å². The monoisotopic (exact) mass is 419 g/mol. The predicted molar refractivity (Wildman–Crippen MR) is 94.9 cm³/mol. The number of benzene rings is 1. The van der Waals surface area contributed by atoms with Gasteiger partial charge in [0, 0.05) is 37.8 Å². The minimum absolute atomic E-state index is 0. The van der Waals surface area contributed by atoms with Crippen molar-refractivity contribution in [1.82, 2.24) is 15.1 Å². The lowest BCUT2D eigenvalue weighted by molar-refractivity contribution is -0.135. The number of piperazine rings is 1. The summed E-state index contributed by atoms with van der Waals surface area (Å²) >= 11 is 3.09. The summed E-state index contributed by atoms with van der Waals surface area (Å²) in [5, 5.41) is 3.06. The molecule has 2 amide bonds. The Morgan fingerprint density at radius 2 is 2.12 bits per heavy atom. The Morgan fingerprint density at radius 1 is 1.33 bits per heavy atom. The fourth-order valence-corrected chi connectivity index (χ4v) is 3.46. The number of rotatable bonds is 2. The Balaban J connectivity index is 0.00000208. The number of hydrogen-bond donors (Lipinski definition) is 1. The van der Waals surface area contributed by atoms with Crippen LogP contribution in [0.3, 0.4) is 0 Å². The molecule has 2 fully saturated rings. The van der Waals surface area contributed by atoms with Gasteiger partial charge in [0.25, 0.3) is 5.91 Å². The number of nitrogens with one attached hydrogen (secondary N) is 1. The summed E-state index contributed by atoms with van der Waals surface area (Å²) < 4.78 is 14.0. The van der Waals surface area contributed by atoms with E-state index in [1.54, 1.807) is 17.0 Å². The number of halogens is 3. The molecule has 1 aromatic carbocycles.